The summed E-state index contributed by atoms with van der Waals surface area (Å²) in [5.74, 6) is -2.38. The Labute approximate surface area is 137 Å². The number of esters is 2. The van der Waals surface area contributed by atoms with Crippen LogP contribution in [0.5, 0.6) is 0 Å². The Kier molecular flexibility index (Phi) is 10.1. The van der Waals surface area contributed by atoms with E-state index in [0.29, 0.717) is 0 Å². The predicted molar refractivity (Wildman–Crippen MR) is 76.9 cm³/mol. The molecule has 0 amide bonds. The van der Waals surface area contributed by atoms with Gasteiger partial charge in [-0.25, -0.2) is 19.2 Å². The number of methoxy groups -OCH3 is 2. The summed E-state index contributed by atoms with van der Waals surface area (Å²) in [7, 11) is 1.95. The van der Waals surface area contributed by atoms with Crippen molar-refractivity contribution in [3.8, 4) is 0 Å². The van der Waals surface area contributed by atoms with Gasteiger partial charge in [-0.2, -0.15) is 0 Å². The van der Waals surface area contributed by atoms with Crippen molar-refractivity contribution in [2.45, 2.75) is 12.2 Å². The molecular formula is C14H18O10. The summed E-state index contributed by atoms with van der Waals surface area (Å²) in [6.07, 6.45) is -4.11. The third-order valence-electron chi connectivity index (χ3n) is 2.21. The second-order valence-electron chi connectivity index (χ2n) is 3.82. The Hall–Kier alpha value is -3.04. The van der Waals surface area contributed by atoms with Crippen LogP contribution in [0.2, 0.25) is 0 Å². The smallest absolute Gasteiger partial charge is 0.459 e. The van der Waals surface area contributed by atoms with Crippen molar-refractivity contribution in [3.05, 3.63) is 25.3 Å². The lowest BCUT2D eigenvalue weighted by molar-refractivity contribution is -0.174. The first kappa shape index (κ1) is 21.0. The summed E-state index contributed by atoms with van der Waals surface area (Å²) in [5.41, 5.74) is 0. The summed E-state index contributed by atoms with van der Waals surface area (Å²) in [6, 6.07) is 0. The largest absolute Gasteiger partial charge is 0.509 e. The van der Waals surface area contributed by atoms with E-state index in [1.165, 1.54) is 12.2 Å². The maximum atomic E-state index is 12.0. The molecule has 0 rings (SSSR count). The first-order chi connectivity index (χ1) is 11.4. The van der Waals surface area contributed by atoms with Gasteiger partial charge in [-0.1, -0.05) is 25.3 Å². The highest BCUT2D eigenvalue weighted by atomic mass is 16.8. The molecule has 0 spiro atoms. The monoisotopic (exact) mass is 346 g/mol. The fourth-order valence-corrected chi connectivity index (χ4v) is 1.22. The minimum Gasteiger partial charge on any atom is -0.459 e. The summed E-state index contributed by atoms with van der Waals surface area (Å²) in [4.78, 5) is 46.5. The Bertz CT molecular complexity index is 440. The van der Waals surface area contributed by atoms with Crippen LogP contribution in [0.3, 0.4) is 0 Å². The second kappa shape index (κ2) is 11.5. The van der Waals surface area contributed by atoms with Gasteiger partial charge in [0.1, 0.15) is 13.2 Å². The SMILES string of the molecule is C=CCOC(=O)C(OC(=O)OC)C(OC(=O)OC)C(=O)OCC=C. The van der Waals surface area contributed by atoms with E-state index < -0.39 is 36.5 Å². The van der Waals surface area contributed by atoms with Crippen LogP contribution < -0.4 is 0 Å². The molecule has 2 unspecified atom stereocenters. The van der Waals surface area contributed by atoms with Crippen molar-refractivity contribution in [1.82, 2.24) is 0 Å². The fourth-order valence-electron chi connectivity index (χ4n) is 1.22. The quantitative estimate of drug-likeness (QED) is 0.335. The van der Waals surface area contributed by atoms with Crippen LogP contribution in [0, 0.1) is 0 Å². The Balaban J connectivity index is 5.47. The van der Waals surface area contributed by atoms with Gasteiger partial charge in [-0.05, 0) is 0 Å². The maximum Gasteiger partial charge on any atom is 0.509 e. The first-order valence-electron chi connectivity index (χ1n) is 6.45. The van der Waals surface area contributed by atoms with Crippen LogP contribution in [0.1, 0.15) is 0 Å². The summed E-state index contributed by atoms with van der Waals surface area (Å²) in [6.45, 7) is 6.18. The van der Waals surface area contributed by atoms with Gasteiger partial charge < -0.3 is 28.4 Å². The molecule has 0 saturated carbocycles. The fraction of sp³-hybridized carbons (Fsp3) is 0.429. The molecular weight excluding hydrogens is 328 g/mol. The lowest BCUT2D eigenvalue weighted by Gasteiger charge is -2.22. The van der Waals surface area contributed by atoms with Crippen LogP contribution in [0.25, 0.3) is 0 Å². The molecule has 24 heavy (non-hydrogen) atoms. The van der Waals surface area contributed by atoms with E-state index in [2.05, 4.69) is 32.1 Å². The van der Waals surface area contributed by atoms with Gasteiger partial charge in [0.2, 0.25) is 12.2 Å². The molecule has 0 N–H and O–H groups in total. The van der Waals surface area contributed by atoms with Crippen molar-refractivity contribution < 1.29 is 47.6 Å². The lowest BCUT2D eigenvalue weighted by Crippen LogP contribution is -2.47. The normalized spacial score (nSPS) is 11.9. The molecule has 0 aliphatic carbocycles. The van der Waals surface area contributed by atoms with Crippen molar-refractivity contribution in [3.63, 3.8) is 0 Å². The molecule has 0 aliphatic rings. The average Bonchev–Trinajstić information content (AvgIpc) is 2.59. The van der Waals surface area contributed by atoms with Crippen molar-refractivity contribution in [2.75, 3.05) is 27.4 Å². The molecule has 134 valence electrons. The average molecular weight is 346 g/mol. The van der Waals surface area contributed by atoms with Crippen molar-refractivity contribution in [1.29, 1.82) is 0 Å². The van der Waals surface area contributed by atoms with Crippen LogP contribution >= 0.6 is 0 Å². The zero-order valence-corrected chi connectivity index (χ0v) is 13.2. The molecule has 0 saturated heterocycles. The van der Waals surface area contributed by atoms with Crippen molar-refractivity contribution >= 4 is 24.2 Å². The number of ether oxygens (including phenoxy) is 6. The Morgan fingerprint density at radius 2 is 1.12 bits per heavy atom. The van der Waals surface area contributed by atoms with E-state index in [-0.39, 0.29) is 13.2 Å². The van der Waals surface area contributed by atoms with E-state index in [1.807, 2.05) is 0 Å². The van der Waals surface area contributed by atoms with E-state index in [1.54, 1.807) is 0 Å². The van der Waals surface area contributed by atoms with Gasteiger partial charge in [-0.15, -0.1) is 0 Å². The van der Waals surface area contributed by atoms with Gasteiger partial charge in [0, 0.05) is 0 Å². The van der Waals surface area contributed by atoms with E-state index in [9.17, 15) is 19.2 Å². The van der Waals surface area contributed by atoms with Gasteiger partial charge in [0.25, 0.3) is 0 Å². The summed E-state index contributed by atoms with van der Waals surface area (Å²) < 4.78 is 27.2. The van der Waals surface area contributed by atoms with Crippen LogP contribution in [0.4, 0.5) is 9.59 Å². The Morgan fingerprint density at radius 1 is 0.792 bits per heavy atom. The highest BCUT2D eigenvalue weighted by molar-refractivity contribution is 5.88. The number of hydrogen-bond donors (Lipinski definition) is 0. The molecule has 10 nitrogen and oxygen atoms in total. The van der Waals surface area contributed by atoms with Gasteiger partial charge >= 0.3 is 24.2 Å². The third-order valence-corrected chi connectivity index (χ3v) is 2.21. The molecule has 0 radical (unpaired) electrons. The number of carbonyl (C=O) groups excluding carboxylic acids is 4. The highest BCUT2D eigenvalue weighted by Gasteiger charge is 2.43. The number of hydrogen-bond acceptors (Lipinski definition) is 10. The standard InChI is InChI=1S/C14H18O10/c1-5-7-21-11(15)9(23-13(17)19-3)10(24-14(18)20-4)12(16)22-8-6-2/h5-6,9-10H,1-2,7-8H2,3-4H3. The van der Waals surface area contributed by atoms with Gasteiger partial charge in [-0.3, -0.25) is 0 Å². The molecule has 2 atom stereocenters. The third kappa shape index (κ3) is 7.29. The molecule has 0 aromatic carbocycles. The number of carbonyl (C=O) groups is 4. The van der Waals surface area contributed by atoms with Crippen LogP contribution in [0.15, 0.2) is 25.3 Å². The van der Waals surface area contributed by atoms with Gasteiger partial charge in [0.15, 0.2) is 0 Å². The van der Waals surface area contributed by atoms with E-state index >= 15 is 0 Å². The Morgan fingerprint density at radius 3 is 1.38 bits per heavy atom. The predicted octanol–water partition coefficient (Wildman–Crippen LogP) is 0.748. The molecule has 10 heteroatoms. The molecule has 0 aromatic heterocycles. The topological polar surface area (TPSA) is 124 Å². The molecule has 0 fully saturated rings. The first-order valence-corrected chi connectivity index (χ1v) is 6.45. The minimum absolute atomic E-state index is 0.244. The van der Waals surface area contributed by atoms with Crippen LogP contribution in [-0.4, -0.2) is 63.9 Å². The zero-order chi connectivity index (χ0) is 18.5. The second-order valence-corrected chi connectivity index (χ2v) is 3.82. The van der Waals surface area contributed by atoms with E-state index in [4.69, 9.17) is 9.47 Å². The van der Waals surface area contributed by atoms with E-state index in [0.717, 1.165) is 14.2 Å². The minimum atomic E-state index is -1.98. The van der Waals surface area contributed by atoms with Gasteiger partial charge in [0.05, 0.1) is 14.2 Å². The van der Waals surface area contributed by atoms with Crippen LogP contribution in [-0.2, 0) is 38.0 Å². The summed E-state index contributed by atoms with van der Waals surface area (Å²) >= 11 is 0. The number of rotatable bonds is 9. The molecule has 0 heterocycles. The summed E-state index contributed by atoms with van der Waals surface area (Å²) in [5, 5.41) is 0. The van der Waals surface area contributed by atoms with Crippen molar-refractivity contribution in [2.24, 2.45) is 0 Å². The molecule has 0 bridgehead atoms. The maximum absolute atomic E-state index is 12.0. The molecule has 0 aromatic rings. The lowest BCUT2D eigenvalue weighted by atomic mass is 10.2. The zero-order valence-electron chi connectivity index (χ0n) is 13.2. The molecule has 0 aliphatic heterocycles. The highest BCUT2D eigenvalue weighted by Crippen LogP contribution is 2.12.